The molecule has 0 spiro atoms. The fourth-order valence-corrected chi connectivity index (χ4v) is 3.89. The van der Waals surface area contributed by atoms with Gasteiger partial charge in [-0.2, -0.15) is 0 Å². The summed E-state index contributed by atoms with van der Waals surface area (Å²) >= 11 is 0. The maximum absolute atomic E-state index is 12.7. The number of aromatic nitrogens is 4. The molecule has 1 atom stereocenters. The Balaban J connectivity index is 1.43. The van der Waals surface area contributed by atoms with Gasteiger partial charge in [0.2, 0.25) is 5.91 Å². The zero-order chi connectivity index (χ0) is 22.0. The fraction of sp³-hybridized carbons (Fsp3) is 0.333. The number of nitrogens with one attached hydrogen (secondary N) is 1. The van der Waals surface area contributed by atoms with Gasteiger partial charge >= 0.3 is 0 Å². The molecule has 4 rings (SSSR count). The van der Waals surface area contributed by atoms with Crippen LogP contribution < -0.4 is 10.9 Å². The van der Waals surface area contributed by atoms with Crippen molar-refractivity contribution in [1.82, 2.24) is 24.4 Å². The lowest BCUT2D eigenvalue weighted by atomic mass is 10.0. The number of amides is 1. The SMILES string of the molecule is CC(C)C(NC(=O)CCCn1cnc2ccccc2c1=O)c1nc2ccccc2n1C. The van der Waals surface area contributed by atoms with E-state index < -0.39 is 0 Å². The van der Waals surface area contributed by atoms with Crippen molar-refractivity contribution in [3.05, 3.63) is 71.0 Å². The van der Waals surface area contributed by atoms with E-state index in [2.05, 4.69) is 24.1 Å². The number of nitrogens with zero attached hydrogens (tertiary/aromatic N) is 4. The van der Waals surface area contributed by atoms with E-state index in [1.54, 1.807) is 17.0 Å². The molecule has 4 aromatic rings. The van der Waals surface area contributed by atoms with Crippen molar-refractivity contribution in [2.75, 3.05) is 0 Å². The Morgan fingerprint density at radius 2 is 1.77 bits per heavy atom. The Morgan fingerprint density at radius 3 is 2.52 bits per heavy atom. The normalized spacial score (nSPS) is 12.5. The molecular weight excluding hydrogens is 390 g/mol. The van der Waals surface area contributed by atoms with Crippen LogP contribution in [0.4, 0.5) is 0 Å². The lowest BCUT2D eigenvalue weighted by molar-refractivity contribution is -0.122. The molecule has 7 nitrogen and oxygen atoms in total. The summed E-state index contributed by atoms with van der Waals surface area (Å²) in [6.45, 7) is 4.60. The summed E-state index contributed by atoms with van der Waals surface area (Å²) in [5.74, 6) is 0.985. The third-order valence-electron chi connectivity index (χ3n) is 5.62. The van der Waals surface area contributed by atoms with Crippen LogP contribution in [0, 0.1) is 5.92 Å². The second-order valence-corrected chi connectivity index (χ2v) is 8.17. The van der Waals surface area contributed by atoms with Gasteiger partial charge in [0.25, 0.3) is 5.56 Å². The molecule has 0 aliphatic heterocycles. The molecule has 31 heavy (non-hydrogen) atoms. The molecule has 0 aliphatic rings. The molecule has 0 aliphatic carbocycles. The largest absolute Gasteiger partial charge is 0.346 e. The van der Waals surface area contributed by atoms with E-state index in [0.717, 1.165) is 16.9 Å². The molecule has 2 aromatic heterocycles. The molecule has 1 N–H and O–H groups in total. The standard InChI is InChI=1S/C24H27N5O2/c1-16(2)22(23-26-19-11-6-7-12-20(19)28(23)3)27-21(30)13-8-14-29-15-25-18-10-5-4-9-17(18)24(29)31/h4-7,9-12,15-16,22H,8,13-14H2,1-3H3,(H,27,30). The summed E-state index contributed by atoms with van der Waals surface area (Å²) in [5, 5.41) is 3.73. The van der Waals surface area contributed by atoms with Crippen LogP contribution in [-0.4, -0.2) is 25.0 Å². The molecule has 0 bridgehead atoms. The van der Waals surface area contributed by atoms with Crippen LogP contribution in [0.25, 0.3) is 21.9 Å². The number of rotatable bonds is 7. The number of aryl methyl sites for hydroxylation is 2. The van der Waals surface area contributed by atoms with Crippen molar-refractivity contribution < 1.29 is 4.79 Å². The molecule has 7 heteroatoms. The molecule has 0 saturated heterocycles. The number of imidazole rings is 1. The van der Waals surface area contributed by atoms with Gasteiger partial charge in [-0.05, 0) is 36.6 Å². The predicted molar refractivity (Wildman–Crippen MR) is 122 cm³/mol. The third-order valence-corrected chi connectivity index (χ3v) is 5.62. The van der Waals surface area contributed by atoms with E-state index in [-0.39, 0.29) is 23.4 Å². The minimum atomic E-state index is -0.185. The first-order valence-electron chi connectivity index (χ1n) is 10.6. The number of carbonyl (C=O) groups excluding carboxylic acids is 1. The summed E-state index contributed by atoms with van der Waals surface area (Å²) in [6.07, 6.45) is 2.44. The first-order chi connectivity index (χ1) is 15.0. The van der Waals surface area contributed by atoms with Crippen LogP contribution in [0.15, 0.2) is 59.7 Å². The molecule has 1 amide bonds. The Morgan fingerprint density at radius 1 is 1.06 bits per heavy atom. The molecular formula is C24H27N5O2. The first-order valence-corrected chi connectivity index (χ1v) is 10.6. The summed E-state index contributed by atoms with van der Waals surface area (Å²) in [5.41, 5.74) is 2.57. The number of hydrogen-bond acceptors (Lipinski definition) is 4. The van der Waals surface area contributed by atoms with Gasteiger partial charge in [0.05, 0.1) is 34.3 Å². The Hall–Kier alpha value is -3.48. The van der Waals surface area contributed by atoms with Crippen molar-refractivity contribution in [3.8, 4) is 0 Å². The fourth-order valence-electron chi connectivity index (χ4n) is 3.89. The van der Waals surface area contributed by atoms with E-state index in [4.69, 9.17) is 4.98 Å². The van der Waals surface area contributed by atoms with Gasteiger partial charge in [0.15, 0.2) is 0 Å². The first kappa shape index (κ1) is 20.8. The lowest BCUT2D eigenvalue weighted by Gasteiger charge is -2.22. The summed E-state index contributed by atoms with van der Waals surface area (Å²) in [6, 6.07) is 15.1. The number of hydrogen-bond donors (Lipinski definition) is 1. The third kappa shape index (κ3) is 4.21. The van der Waals surface area contributed by atoms with Crippen molar-refractivity contribution in [2.24, 2.45) is 13.0 Å². The van der Waals surface area contributed by atoms with E-state index in [0.29, 0.717) is 30.3 Å². The van der Waals surface area contributed by atoms with Crippen LogP contribution in [0.5, 0.6) is 0 Å². The highest BCUT2D eigenvalue weighted by atomic mass is 16.1. The van der Waals surface area contributed by atoms with Crippen LogP contribution in [0.3, 0.4) is 0 Å². The molecule has 2 aromatic carbocycles. The number of para-hydroxylation sites is 3. The zero-order valence-electron chi connectivity index (χ0n) is 18.1. The van der Waals surface area contributed by atoms with Gasteiger partial charge in [-0.15, -0.1) is 0 Å². The predicted octanol–water partition coefficient (Wildman–Crippen LogP) is 3.58. The highest BCUT2D eigenvalue weighted by Crippen LogP contribution is 2.25. The van der Waals surface area contributed by atoms with E-state index in [9.17, 15) is 9.59 Å². The minimum absolute atomic E-state index is 0.0486. The number of benzene rings is 2. The van der Waals surface area contributed by atoms with Gasteiger partial charge in [0.1, 0.15) is 5.82 Å². The van der Waals surface area contributed by atoms with E-state index in [1.165, 1.54) is 0 Å². The summed E-state index contributed by atoms with van der Waals surface area (Å²) < 4.78 is 3.61. The second kappa shape index (κ2) is 8.71. The van der Waals surface area contributed by atoms with Crippen molar-refractivity contribution in [3.63, 3.8) is 0 Å². The molecule has 2 heterocycles. The van der Waals surface area contributed by atoms with Gasteiger partial charge in [0, 0.05) is 20.0 Å². The van der Waals surface area contributed by atoms with E-state index >= 15 is 0 Å². The molecule has 0 fully saturated rings. The number of carbonyl (C=O) groups is 1. The second-order valence-electron chi connectivity index (χ2n) is 8.17. The van der Waals surface area contributed by atoms with Gasteiger partial charge in [-0.3, -0.25) is 14.2 Å². The molecule has 160 valence electrons. The van der Waals surface area contributed by atoms with Crippen molar-refractivity contribution in [1.29, 1.82) is 0 Å². The van der Waals surface area contributed by atoms with Crippen LogP contribution in [0.1, 0.15) is 38.6 Å². The van der Waals surface area contributed by atoms with Gasteiger partial charge in [-0.25, -0.2) is 9.97 Å². The highest BCUT2D eigenvalue weighted by molar-refractivity contribution is 5.78. The smallest absolute Gasteiger partial charge is 0.261 e. The molecule has 0 saturated carbocycles. The van der Waals surface area contributed by atoms with Gasteiger partial charge < -0.3 is 9.88 Å². The lowest BCUT2D eigenvalue weighted by Crippen LogP contribution is -2.33. The van der Waals surface area contributed by atoms with Crippen molar-refractivity contribution >= 4 is 27.8 Å². The molecule has 0 radical (unpaired) electrons. The van der Waals surface area contributed by atoms with Crippen LogP contribution >= 0.6 is 0 Å². The van der Waals surface area contributed by atoms with Gasteiger partial charge in [-0.1, -0.05) is 38.1 Å². The summed E-state index contributed by atoms with van der Waals surface area (Å²) in [4.78, 5) is 34.4. The zero-order valence-corrected chi connectivity index (χ0v) is 18.1. The topological polar surface area (TPSA) is 81.8 Å². The average molecular weight is 418 g/mol. The monoisotopic (exact) mass is 417 g/mol. The average Bonchev–Trinajstić information content (AvgIpc) is 3.10. The Kier molecular flexibility index (Phi) is 5.84. The van der Waals surface area contributed by atoms with Crippen LogP contribution in [-0.2, 0) is 18.4 Å². The number of fused-ring (bicyclic) bond motifs is 2. The Bertz CT molecular complexity index is 1290. The maximum atomic E-state index is 12.7. The van der Waals surface area contributed by atoms with E-state index in [1.807, 2.05) is 54.1 Å². The Labute approximate surface area is 180 Å². The minimum Gasteiger partial charge on any atom is -0.346 e. The van der Waals surface area contributed by atoms with Crippen molar-refractivity contribution in [2.45, 2.75) is 39.3 Å². The maximum Gasteiger partial charge on any atom is 0.261 e. The van der Waals surface area contributed by atoms with Crippen LogP contribution in [0.2, 0.25) is 0 Å². The quantitative estimate of drug-likeness (QED) is 0.498. The summed E-state index contributed by atoms with van der Waals surface area (Å²) in [7, 11) is 1.98. The molecule has 1 unspecified atom stereocenters. The highest BCUT2D eigenvalue weighted by Gasteiger charge is 2.23.